The van der Waals surface area contributed by atoms with E-state index in [1.165, 1.54) is 0 Å². The molecule has 1 N–H and O–H groups in total. The summed E-state index contributed by atoms with van der Waals surface area (Å²) in [6.07, 6.45) is 2.03. The molecule has 0 aliphatic carbocycles. The highest BCUT2D eigenvalue weighted by Crippen LogP contribution is 2.52. The third-order valence-corrected chi connectivity index (χ3v) is 4.81. The molecule has 2 rings (SSSR count). The van der Waals surface area contributed by atoms with E-state index < -0.39 is 43.7 Å². The molecule has 2 bridgehead atoms. The van der Waals surface area contributed by atoms with Gasteiger partial charge in [-0.1, -0.05) is 53.6 Å². The van der Waals surface area contributed by atoms with Crippen LogP contribution in [0, 0.1) is 11.8 Å². The number of unbranched alkanes of at least 4 members (excludes halogenated alkanes) is 2. The van der Waals surface area contributed by atoms with Crippen molar-refractivity contribution in [3.63, 3.8) is 0 Å². The van der Waals surface area contributed by atoms with Gasteiger partial charge < -0.3 is 5.11 Å². The normalized spacial score (nSPS) is 32.6. The zero-order chi connectivity index (χ0) is 19.4. The van der Waals surface area contributed by atoms with Gasteiger partial charge >= 0.3 is 25.7 Å². The molecule has 12 heteroatoms. The molecule has 2 aliphatic heterocycles. The van der Waals surface area contributed by atoms with Gasteiger partial charge in [0.15, 0.2) is 5.60 Å². The van der Waals surface area contributed by atoms with Gasteiger partial charge in [0.05, 0.1) is 6.42 Å². The van der Waals surface area contributed by atoms with E-state index in [0.29, 0.717) is 12.3 Å². The van der Waals surface area contributed by atoms with Crippen LogP contribution in [0.25, 0.3) is 0 Å². The van der Waals surface area contributed by atoms with Crippen molar-refractivity contribution >= 4 is 25.7 Å². The van der Waals surface area contributed by atoms with Crippen molar-refractivity contribution in [2.24, 2.45) is 11.8 Å². The second-order valence-corrected chi connectivity index (χ2v) is 7.93. The van der Waals surface area contributed by atoms with Crippen LogP contribution in [0.2, 0.25) is 0 Å². The number of carbonyl (C=O) groups is 3. The number of rotatable bonds is 6. The molecule has 3 unspecified atom stereocenters. The van der Waals surface area contributed by atoms with Crippen molar-refractivity contribution in [3.05, 3.63) is 0 Å². The third kappa shape index (κ3) is 5.01. The molecule has 0 radical (unpaired) electrons. The highest BCUT2D eigenvalue weighted by Gasteiger charge is 2.56. The van der Waals surface area contributed by atoms with Crippen molar-refractivity contribution in [1.82, 2.24) is 0 Å². The predicted octanol–water partition coefficient (Wildman–Crippen LogP) is 1.89. The number of hydrogen-bond donors (Lipinski definition) is 1. The van der Waals surface area contributed by atoms with Gasteiger partial charge in [0, 0.05) is 0 Å². The Bertz CT molecular complexity index is 604. The maximum atomic E-state index is 12.2. The van der Waals surface area contributed by atoms with Crippen molar-refractivity contribution < 1.29 is 52.7 Å². The fourth-order valence-corrected chi connectivity index (χ4v) is 3.21. The first-order valence-electron chi connectivity index (χ1n) is 8.18. The molecule has 2 fully saturated rings. The van der Waals surface area contributed by atoms with Gasteiger partial charge in [0.1, 0.15) is 5.92 Å². The summed E-state index contributed by atoms with van der Waals surface area (Å²) >= 11 is 0. The lowest BCUT2D eigenvalue weighted by Gasteiger charge is -2.29. The average Bonchev–Trinajstić information content (AvgIpc) is 2.63. The molecule has 0 saturated carbocycles. The Morgan fingerprint density at radius 1 is 1.08 bits per heavy atom. The van der Waals surface area contributed by atoms with E-state index >= 15 is 0 Å². The zero-order valence-corrected chi connectivity index (χ0v) is 15.3. The molecular weight excluding hydrogens is 375 g/mol. The summed E-state index contributed by atoms with van der Waals surface area (Å²) in [5.41, 5.74) is -2.65. The van der Waals surface area contributed by atoms with E-state index in [1.54, 1.807) is 0 Å². The quantitative estimate of drug-likeness (QED) is 0.399. The number of fused-ring (bicyclic) bond motifs is 4. The lowest BCUT2D eigenvalue weighted by molar-refractivity contribution is -0.292. The fraction of sp³-hybridized carbons (Fsp3) is 0.786. The third-order valence-electron chi connectivity index (χ3n) is 4.04. The number of aliphatic hydroxyl groups is 1. The van der Waals surface area contributed by atoms with Gasteiger partial charge in [0.25, 0.3) is 0 Å². The zero-order valence-electron chi connectivity index (χ0n) is 14.4. The Morgan fingerprint density at radius 2 is 1.73 bits per heavy atom. The summed E-state index contributed by atoms with van der Waals surface area (Å²) in [4.78, 5) is 48.9. The van der Waals surface area contributed by atoms with Crippen molar-refractivity contribution in [3.8, 4) is 0 Å². The van der Waals surface area contributed by atoms with Gasteiger partial charge in [-0.2, -0.15) is 0 Å². The summed E-state index contributed by atoms with van der Waals surface area (Å²) < 4.78 is 24.4. The first kappa shape index (κ1) is 20.8. The molecular formula is C14H21O11P. The molecule has 3 atom stereocenters. The Kier molecular flexibility index (Phi) is 6.75. The summed E-state index contributed by atoms with van der Waals surface area (Å²) in [5.74, 6) is -4.98. The largest absolute Gasteiger partial charge is 0.584 e. The molecule has 26 heavy (non-hydrogen) atoms. The highest BCUT2D eigenvalue weighted by molar-refractivity contribution is 7.48. The lowest BCUT2D eigenvalue weighted by Crippen LogP contribution is -2.51. The van der Waals surface area contributed by atoms with Crippen LogP contribution in [-0.2, 0) is 47.6 Å². The van der Waals surface area contributed by atoms with Crippen molar-refractivity contribution in [1.29, 1.82) is 0 Å². The van der Waals surface area contributed by atoms with Gasteiger partial charge in [0.2, 0.25) is 0 Å². The van der Waals surface area contributed by atoms with Crippen LogP contribution in [-0.4, -0.2) is 28.6 Å². The maximum Gasteiger partial charge on any atom is 0.584 e. The summed E-state index contributed by atoms with van der Waals surface area (Å²) in [7, 11) is -4.86. The Hall–Kier alpha value is -1.52. The first-order valence-corrected chi connectivity index (χ1v) is 9.64. The van der Waals surface area contributed by atoms with Crippen LogP contribution in [0.3, 0.4) is 0 Å². The molecule has 11 nitrogen and oxygen atoms in total. The van der Waals surface area contributed by atoms with E-state index in [2.05, 4.69) is 42.5 Å². The molecule has 2 saturated heterocycles. The highest BCUT2D eigenvalue weighted by atomic mass is 31.2. The first-order chi connectivity index (χ1) is 12.2. The minimum atomic E-state index is -4.86. The smallest absolute Gasteiger partial charge is 0.377 e. The second-order valence-electron chi connectivity index (χ2n) is 6.58. The molecule has 0 spiro atoms. The number of hydrogen-bond acceptors (Lipinski definition) is 11. The number of carbonyl (C=O) groups excluding carboxylic acids is 3. The van der Waals surface area contributed by atoms with Crippen LogP contribution in [0.1, 0.15) is 52.4 Å². The lowest BCUT2D eigenvalue weighted by atomic mass is 9.81. The molecule has 0 aromatic rings. The van der Waals surface area contributed by atoms with E-state index in [4.69, 9.17) is 0 Å². The minimum absolute atomic E-state index is 0.00960. The second kappa shape index (κ2) is 8.45. The fourth-order valence-electron chi connectivity index (χ4n) is 2.63. The molecule has 2 aliphatic rings. The van der Waals surface area contributed by atoms with Crippen molar-refractivity contribution in [2.75, 3.05) is 0 Å². The Balaban J connectivity index is 2.20. The standard InChI is InChI=1S/C14H21O11P/c1-9(2)6-4-3-5-7-10-12(16)21-24-26(19)23-20-11(15)8-14(10,18)13(17)22-25-26/h9-10,18H,3-8H2,1-2H3. The van der Waals surface area contributed by atoms with Crippen LogP contribution in [0.5, 0.6) is 0 Å². The van der Waals surface area contributed by atoms with E-state index in [0.717, 1.165) is 19.3 Å². The van der Waals surface area contributed by atoms with Gasteiger partial charge in [-0.15, -0.1) is 0 Å². The van der Waals surface area contributed by atoms with Crippen molar-refractivity contribution in [2.45, 2.75) is 58.0 Å². The molecule has 0 amide bonds. The monoisotopic (exact) mass is 396 g/mol. The topological polar surface area (TPSA) is 144 Å². The van der Waals surface area contributed by atoms with Gasteiger partial charge in [-0.05, 0) is 12.3 Å². The summed E-state index contributed by atoms with van der Waals surface area (Å²) in [5, 5.41) is 10.7. The predicted molar refractivity (Wildman–Crippen MR) is 80.1 cm³/mol. The van der Waals surface area contributed by atoms with E-state index in [9.17, 15) is 24.1 Å². The van der Waals surface area contributed by atoms with Crippen LogP contribution in [0.4, 0.5) is 0 Å². The molecule has 2 heterocycles. The molecule has 0 aromatic carbocycles. The summed E-state index contributed by atoms with van der Waals surface area (Å²) in [6.45, 7) is 4.15. The minimum Gasteiger partial charge on any atom is -0.377 e. The van der Waals surface area contributed by atoms with Crippen LogP contribution in [0.15, 0.2) is 0 Å². The Labute approximate surface area is 149 Å². The van der Waals surface area contributed by atoms with Gasteiger partial charge in [-0.25, -0.2) is 18.9 Å². The summed E-state index contributed by atoms with van der Waals surface area (Å²) in [6, 6.07) is 0. The van der Waals surface area contributed by atoms with Crippen LogP contribution >= 0.6 is 7.82 Å². The maximum absolute atomic E-state index is 12.2. The van der Waals surface area contributed by atoms with E-state index in [-0.39, 0.29) is 6.42 Å². The SMILES string of the molecule is CC(C)CCCCCC1C(=O)OOP2(=O)OOC(=O)CC1(O)C(=O)OO2. The molecule has 148 valence electrons. The number of phosphoric acid groups is 1. The molecule has 0 aromatic heterocycles. The Morgan fingerprint density at radius 3 is 2.42 bits per heavy atom. The van der Waals surface area contributed by atoms with Gasteiger partial charge in [-0.3, -0.25) is 14.7 Å². The van der Waals surface area contributed by atoms with Crippen LogP contribution < -0.4 is 0 Å². The average molecular weight is 396 g/mol. The van der Waals surface area contributed by atoms with E-state index in [1.807, 2.05) is 0 Å².